The van der Waals surface area contributed by atoms with Crippen molar-refractivity contribution in [2.24, 2.45) is 0 Å². The SMILES string of the molecule is CC(C)(C)c1ccc(-c2c(-c3cc(C(C)(C)C)cc(C(C)(C)C)c3O)[nH]c3c(-c4cccc(-c5ncc6oc7ccccc7c6n5)c4)cccc23)c(-c2ccccc2)c1. The number of rotatable bonds is 5. The highest BCUT2D eigenvalue weighted by atomic mass is 16.3. The number of phenols is 1. The molecule has 0 fully saturated rings. The molecule has 0 radical (unpaired) electrons. The molecule has 5 heteroatoms. The summed E-state index contributed by atoms with van der Waals surface area (Å²) in [4.78, 5) is 13.7. The molecule has 2 N–H and O–H groups in total. The Morgan fingerprint density at radius 2 is 1.19 bits per heavy atom. The maximum absolute atomic E-state index is 12.4. The quantitative estimate of drug-likeness (QED) is 0.183. The number of aromatic nitrogens is 3. The van der Waals surface area contributed by atoms with Gasteiger partial charge in [0.1, 0.15) is 16.8 Å². The van der Waals surface area contributed by atoms with Crippen LogP contribution in [0.3, 0.4) is 0 Å². The van der Waals surface area contributed by atoms with Crippen LogP contribution in [-0.4, -0.2) is 20.1 Å². The van der Waals surface area contributed by atoms with Gasteiger partial charge in [0.25, 0.3) is 0 Å². The molecule has 6 aromatic carbocycles. The number of para-hydroxylation sites is 2. The summed E-state index contributed by atoms with van der Waals surface area (Å²) in [5.74, 6) is 0.935. The molecule has 0 aliphatic heterocycles. The summed E-state index contributed by atoms with van der Waals surface area (Å²) >= 11 is 0. The van der Waals surface area contributed by atoms with E-state index in [1.54, 1.807) is 6.20 Å². The Kier molecular flexibility index (Phi) is 8.93. The molecular weight excluding hydrogens is 723 g/mol. The van der Waals surface area contributed by atoms with Gasteiger partial charge < -0.3 is 14.5 Å². The van der Waals surface area contributed by atoms with Gasteiger partial charge in [-0.2, -0.15) is 0 Å². The Bertz CT molecular complexity index is 3050. The van der Waals surface area contributed by atoms with Gasteiger partial charge in [-0.25, -0.2) is 9.97 Å². The first-order valence-corrected chi connectivity index (χ1v) is 20.5. The van der Waals surface area contributed by atoms with Gasteiger partial charge >= 0.3 is 0 Å². The van der Waals surface area contributed by atoms with E-state index in [1.807, 2.05) is 24.3 Å². The van der Waals surface area contributed by atoms with Crippen LogP contribution in [0.25, 0.3) is 89.0 Å². The number of hydrogen-bond donors (Lipinski definition) is 2. The molecule has 3 aromatic heterocycles. The van der Waals surface area contributed by atoms with Crippen molar-refractivity contribution in [3.05, 3.63) is 150 Å². The fourth-order valence-corrected chi connectivity index (χ4v) is 8.33. The Morgan fingerprint density at radius 1 is 0.525 bits per heavy atom. The second-order valence-electron chi connectivity index (χ2n) is 19.0. The molecule has 0 bridgehead atoms. The summed E-state index contributed by atoms with van der Waals surface area (Å²) in [5.41, 5.74) is 15.2. The van der Waals surface area contributed by atoms with Crippen molar-refractivity contribution >= 4 is 33.0 Å². The molecule has 0 aliphatic carbocycles. The number of hydrogen-bond acceptors (Lipinski definition) is 4. The number of benzene rings is 6. The molecule has 0 saturated heterocycles. The van der Waals surface area contributed by atoms with E-state index in [2.05, 4.69) is 170 Å². The van der Waals surface area contributed by atoms with Crippen LogP contribution < -0.4 is 0 Å². The fourth-order valence-electron chi connectivity index (χ4n) is 8.33. The number of furan rings is 1. The van der Waals surface area contributed by atoms with Crippen molar-refractivity contribution < 1.29 is 9.52 Å². The van der Waals surface area contributed by atoms with Crippen molar-refractivity contribution in [3.63, 3.8) is 0 Å². The molecule has 0 unspecified atom stereocenters. The first kappa shape index (κ1) is 38.1. The number of H-pyrrole nitrogens is 1. The molecule has 0 aliphatic rings. The van der Waals surface area contributed by atoms with Gasteiger partial charge in [0.15, 0.2) is 11.4 Å². The lowest BCUT2D eigenvalue weighted by atomic mass is 9.78. The van der Waals surface area contributed by atoms with E-state index in [4.69, 9.17) is 14.4 Å². The van der Waals surface area contributed by atoms with E-state index in [9.17, 15) is 5.11 Å². The number of nitrogens with one attached hydrogen (secondary N) is 1. The predicted molar refractivity (Wildman–Crippen MR) is 246 cm³/mol. The Labute approximate surface area is 346 Å². The van der Waals surface area contributed by atoms with Crippen LogP contribution in [0, 0.1) is 0 Å². The molecule has 9 aromatic rings. The number of phenolic OH excluding ortho intramolecular Hbond substituents is 1. The average Bonchev–Trinajstić information content (AvgIpc) is 3.78. The van der Waals surface area contributed by atoms with Crippen molar-refractivity contribution in [1.29, 1.82) is 0 Å². The molecule has 0 saturated carbocycles. The van der Waals surface area contributed by atoms with E-state index in [1.165, 1.54) is 11.1 Å². The summed E-state index contributed by atoms with van der Waals surface area (Å²) in [6, 6.07) is 44.9. The maximum atomic E-state index is 12.4. The minimum Gasteiger partial charge on any atom is -0.507 e. The standard InChI is InChI=1S/C54H51N3O2/c1-52(2,3)35-25-26-38(41(28-35)32-17-11-10-12-18-32)46-40-23-16-22-37(47(40)56-49(46)42-29-36(53(4,5)6)30-43(50(42)58)54(7,8)9)33-19-15-20-34(27-33)51-55-31-45-48(57-51)39-21-13-14-24-44(39)59-45/h10-31,56,58H,1-9H3. The van der Waals surface area contributed by atoms with Crippen molar-refractivity contribution in [2.75, 3.05) is 0 Å². The second kappa shape index (κ2) is 13.8. The Balaban J connectivity index is 1.33. The zero-order valence-corrected chi connectivity index (χ0v) is 35.5. The average molecular weight is 774 g/mol. The van der Waals surface area contributed by atoms with Crippen LogP contribution >= 0.6 is 0 Å². The number of aromatic amines is 1. The van der Waals surface area contributed by atoms with Crippen LogP contribution in [0.5, 0.6) is 5.75 Å². The van der Waals surface area contributed by atoms with Crippen LogP contribution in [0.1, 0.15) is 79.0 Å². The molecule has 0 spiro atoms. The first-order chi connectivity index (χ1) is 28.1. The van der Waals surface area contributed by atoms with Crippen LogP contribution in [0.15, 0.2) is 138 Å². The second-order valence-corrected chi connectivity index (χ2v) is 19.0. The minimum absolute atomic E-state index is 0.0524. The van der Waals surface area contributed by atoms with Gasteiger partial charge in [0.2, 0.25) is 0 Å². The summed E-state index contributed by atoms with van der Waals surface area (Å²) in [6.07, 6.45) is 1.77. The van der Waals surface area contributed by atoms with Crippen molar-refractivity contribution in [1.82, 2.24) is 15.0 Å². The lowest BCUT2D eigenvalue weighted by Crippen LogP contribution is -2.17. The monoisotopic (exact) mass is 773 g/mol. The largest absolute Gasteiger partial charge is 0.507 e. The summed E-state index contributed by atoms with van der Waals surface area (Å²) in [7, 11) is 0. The Morgan fingerprint density at radius 3 is 1.93 bits per heavy atom. The molecule has 294 valence electrons. The highest BCUT2D eigenvalue weighted by Crippen LogP contribution is 2.50. The lowest BCUT2D eigenvalue weighted by molar-refractivity contribution is 0.446. The normalized spacial score (nSPS) is 12.6. The molecule has 0 amide bonds. The van der Waals surface area contributed by atoms with Crippen molar-refractivity contribution in [3.8, 4) is 61.8 Å². The van der Waals surface area contributed by atoms with E-state index >= 15 is 0 Å². The topological polar surface area (TPSA) is 74.9 Å². The lowest BCUT2D eigenvalue weighted by Gasteiger charge is -2.28. The third kappa shape index (κ3) is 6.78. The van der Waals surface area contributed by atoms with E-state index < -0.39 is 0 Å². The highest BCUT2D eigenvalue weighted by Gasteiger charge is 2.29. The molecule has 9 rings (SSSR count). The molecule has 0 atom stereocenters. The van der Waals surface area contributed by atoms with E-state index in [-0.39, 0.29) is 16.2 Å². The van der Waals surface area contributed by atoms with Gasteiger partial charge in [-0.05, 0) is 80.0 Å². The van der Waals surface area contributed by atoms with E-state index in [0.29, 0.717) is 17.2 Å². The molecule has 5 nitrogen and oxygen atoms in total. The number of nitrogens with zero attached hydrogens (tertiary/aromatic N) is 2. The van der Waals surface area contributed by atoms with Gasteiger partial charge in [-0.1, -0.05) is 159 Å². The molecule has 3 heterocycles. The zero-order valence-electron chi connectivity index (χ0n) is 35.5. The highest BCUT2D eigenvalue weighted by molar-refractivity contribution is 6.11. The van der Waals surface area contributed by atoms with E-state index in [0.717, 1.165) is 83.2 Å². The van der Waals surface area contributed by atoms with Gasteiger partial charge in [0, 0.05) is 38.6 Å². The third-order valence-electron chi connectivity index (χ3n) is 11.7. The van der Waals surface area contributed by atoms with Gasteiger partial charge in [0.05, 0.1) is 17.4 Å². The minimum atomic E-state index is -0.296. The molecule has 59 heavy (non-hydrogen) atoms. The van der Waals surface area contributed by atoms with Crippen molar-refractivity contribution in [2.45, 2.75) is 78.6 Å². The van der Waals surface area contributed by atoms with Crippen LogP contribution in [-0.2, 0) is 16.2 Å². The smallest absolute Gasteiger partial charge is 0.172 e. The summed E-state index contributed by atoms with van der Waals surface area (Å²) in [6.45, 7) is 20.0. The third-order valence-corrected chi connectivity index (χ3v) is 11.7. The maximum Gasteiger partial charge on any atom is 0.172 e. The first-order valence-electron chi connectivity index (χ1n) is 20.5. The molecular formula is C54H51N3O2. The van der Waals surface area contributed by atoms with Crippen LogP contribution in [0.4, 0.5) is 0 Å². The summed E-state index contributed by atoms with van der Waals surface area (Å²) < 4.78 is 6.04. The Hall–Kier alpha value is -6.46. The van der Waals surface area contributed by atoms with Crippen LogP contribution in [0.2, 0.25) is 0 Å². The number of fused-ring (bicyclic) bond motifs is 4. The number of aromatic hydroxyl groups is 1. The van der Waals surface area contributed by atoms with Gasteiger partial charge in [-0.15, -0.1) is 0 Å². The van der Waals surface area contributed by atoms with Gasteiger partial charge in [-0.3, -0.25) is 0 Å². The fraction of sp³-hybridized carbons (Fsp3) is 0.222. The zero-order chi connectivity index (χ0) is 41.4. The predicted octanol–water partition coefficient (Wildman–Crippen LogP) is 14.8. The summed E-state index contributed by atoms with van der Waals surface area (Å²) in [5, 5.41) is 14.5.